The number of amides is 3. The normalized spacial score (nSPS) is 17.4. The van der Waals surface area contributed by atoms with Gasteiger partial charge in [-0.3, -0.25) is 14.4 Å². The fourth-order valence-electron chi connectivity index (χ4n) is 5.02. The zero-order valence-corrected chi connectivity index (χ0v) is 20.5. The maximum Gasteiger partial charge on any atom is 0.253 e. The molecule has 2 aliphatic heterocycles. The molecule has 2 saturated heterocycles. The predicted molar refractivity (Wildman–Crippen MR) is 133 cm³/mol. The largest absolute Gasteiger partial charge is 0.342 e. The number of nitrogens with zero attached hydrogens (tertiary/aromatic N) is 4. The summed E-state index contributed by atoms with van der Waals surface area (Å²) in [7, 11) is 0. The number of likely N-dealkylation sites (N-methyl/N-ethyl adjacent to an activating group) is 1. The molecule has 2 heterocycles. The lowest BCUT2D eigenvalue weighted by Crippen LogP contribution is -2.57. The lowest BCUT2D eigenvalue weighted by Gasteiger charge is -2.43. The molecular formula is C26H31ClN4O3. The molecule has 0 aromatic heterocycles. The van der Waals surface area contributed by atoms with Crippen molar-refractivity contribution in [3.05, 3.63) is 65.2 Å². The minimum Gasteiger partial charge on any atom is -0.342 e. The number of piperidine rings is 1. The van der Waals surface area contributed by atoms with Crippen molar-refractivity contribution in [3.63, 3.8) is 0 Å². The third-order valence-electron chi connectivity index (χ3n) is 6.99. The summed E-state index contributed by atoms with van der Waals surface area (Å²) in [5.41, 5.74) is 0.775. The number of carbonyl (C=O) groups excluding carboxylic acids is 3. The molecule has 2 aromatic rings. The van der Waals surface area contributed by atoms with Crippen LogP contribution in [0.15, 0.2) is 54.6 Å². The highest BCUT2D eigenvalue weighted by Gasteiger charge is 2.54. The van der Waals surface area contributed by atoms with Gasteiger partial charge in [0.1, 0.15) is 12.1 Å². The van der Waals surface area contributed by atoms with E-state index in [1.807, 2.05) is 44.2 Å². The molecule has 8 heteroatoms. The van der Waals surface area contributed by atoms with Crippen LogP contribution in [0.5, 0.6) is 0 Å². The third-order valence-corrected chi connectivity index (χ3v) is 7.25. The molecule has 0 unspecified atom stereocenters. The van der Waals surface area contributed by atoms with Gasteiger partial charge in [0.05, 0.1) is 6.67 Å². The van der Waals surface area contributed by atoms with E-state index < -0.39 is 5.54 Å². The Morgan fingerprint density at radius 1 is 0.971 bits per heavy atom. The predicted octanol–water partition coefficient (Wildman–Crippen LogP) is 3.49. The van der Waals surface area contributed by atoms with Crippen LogP contribution in [0.3, 0.4) is 0 Å². The summed E-state index contributed by atoms with van der Waals surface area (Å²) in [5, 5.41) is 0.587. The van der Waals surface area contributed by atoms with Crippen LogP contribution in [-0.2, 0) is 9.59 Å². The second-order valence-corrected chi connectivity index (χ2v) is 9.24. The van der Waals surface area contributed by atoms with Crippen LogP contribution < -0.4 is 4.90 Å². The van der Waals surface area contributed by atoms with E-state index in [0.717, 1.165) is 5.69 Å². The highest BCUT2D eigenvalue weighted by Crippen LogP contribution is 2.39. The average molecular weight is 483 g/mol. The molecule has 7 nitrogen and oxygen atoms in total. The third kappa shape index (κ3) is 4.49. The minimum absolute atomic E-state index is 0.0320. The molecule has 34 heavy (non-hydrogen) atoms. The SMILES string of the molecule is CCN(CC)C(=O)CN1CN(c2ccccc2)C2(CCN(C(=O)c3ccc(Cl)cc3)CC2)C1=O. The molecule has 0 N–H and O–H groups in total. The maximum absolute atomic E-state index is 13.8. The number of anilines is 1. The van der Waals surface area contributed by atoms with Gasteiger partial charge in [-0.2, -0.15) is 0 Å². The number of para-hydroxylation sites is 1. The molecule has 2 aromatic carbocycles. The number of hydrogen-bond donors (Lipinski definition) is 0. The molecule has 0 radical (unpaired) electrons. The number of carbonyl (C=O) groups is 3. The number of hydrogen-bond acceptors (Lipinski definition) is 4. The lowest BCUT2D eigenvalue weighted by atomic mass is 9.85. The molecular weight excluding hydrogens is 452 g/mol. The second-order valence-electron chi connectivity index (χ2n) is 8.80. The van der Waals surface area contributed by atoms with Gasteiger partial charge >= 0.3 is 0 Å². The number of benzene rings is 2. The van der Waals surface area contributed by atoms with E-state index >= 15 is 0 Å². The van der Waals surface area contributed by atoms with Crippen molar-refractivity contribution in [2.24, 2.45) is 0 Å². The summed E-state index contributed by atoms with van der Waals surface area (Å²) in [4.78, 5) is 46.9. The summed E-state index contributed by atoms with van der Waals surface area (Å²) in [6.45, 7) is 6.48. The first-order valence-electron chi connectivity index (χ1n) is 11.8. The van der Waals surface area contributed by atoms with Crippen LogP contribution in [0.25, 0.3) is 0 Å². The van der Waals surface area contributed by atoms with E-state index in [0.29, 0.717) is 56.3 Å². The van der Waals surface area contributed by atoms with Gasteiger partial charge in [0.15, 0.2) is 0 Å². The van der Waals surface area contributed by atoms with Crippen LogP contribution in [0.1, 0.15) is 37.0 Å². The van der Waals surface area contributed by atoms with Gasteiger partial charge in [-0.05, 0) is 63.1 Å². The number of rotatable bonds is 6. The summed E-state index contributed by atoms with van der Waals surface area (Å²) < 4.78 is 0. The van der Waals surface area contributed by atoms with Crippen molar-refractivity contribution in [1.82, 2.24) is 14.7 Å². The number of likely N-dealkylation sites (tertiary alicyclic amines) is 1. The van der Waals surface area contributed by atoms with Crippen molar-refractivity contribution < 1.29 is 14.4 Å². The van der Waals surface area contributed by atoms with E-state index in [4.69, 9.17) is 11.6 Å². The van der Waals surface area contributed by atoms with Gasteiger partial charge in [-0.25, -0.2) is 0 Å². The van der Waals surface area contributed by atoms with Gasteiger partial charge in [0.25, 0.3) is 11.8 Å². The van der Waals surface area contributed by atoms with Crippen molar-refractivity contribution in [2.75, 3.05) is 44.3 Å². The molecule has 2 aliphatic rings. The van der Waals surface area contributed by atoms with E-state index in [-0.39, 0.29) is 24.3 Å². The number of halogens is 1. The van der Waals surface area contributed by atoms with E-state index in [1.54, 1.807) is 39.0 Å². The molecule has 0 saturated carbocycles. The average Bonchev–Trinajstić information content (AvgIpc) is 3.12. The Bertz CT molecular complexity index is 1030. The van der Waals surface area contributed by atoms with Crippen molar-refractivity contribution >= 4 is 35.0 Å². The van der Waals surface area contributed by atoms with Crippen LogP contribution in [0, 0.1) is 0 Å². The van der Waals surface area contributed by atoms with E-state index in [2.05, 4.69) is 4.90 Å². The molecule has 0 atom stereocenters. The first-order chi connectivity index (χ1) is 16.4. The van der Waals surface area contributed by atoms with Crippen molar-refractivity contribution in [2.45, 2.75) is 32.2 Å². The molecule has 0 bridgehead atoms. The van der Waals surface area contributed by atoms with Gasteiger partial charge in [-0.1, -0.05) is 29.8 Å². The Hall–Kier alpha value is -3.06. The molecule has 0 aliphatic carbocycles. The zero-order valence-electron chi connectivity index (χ0n) is 19.7. The van der Waals surface area contributed by atoms with Gasteiger partial charge in [0, 0.05) is 42.5 Å². The zero-order chi connectivity index (χ0) is 24.3. The second kappa shape index (κ2) is 10.1. The molecule has 1 spiro atoms. The first-order valence-corrected chi connectivity index (χ1v) is 12.2. The first kappa shape index (κ1) is 24.1. The van der Waals surface area contributed by atoms with Crippen LogP contribution in [0.2, 0.25) is 5.02 Å². The summed E-state index contributed by atoms with van der Waals surface area (Å²) in [6.07, 6.45) is 1.02. The Balaban J connectivity index is 1.55. The Morgan fingerprint density at radius 2 is 1.59 bits per heavy atom. The Morgan fingerprint density at radius 3 is 2.18 bits per heavy atom. The van der Waals surface area contributed by atoms with Crippen LogP contribution in [-0.4, -0.2) is 77.4 Å². The fourth-order valence-corrected chi connectivity index (χ4v) is 5.14. The maximum atomic E-state index is 13.8. The molecule has 180 valence electrons. The highest BCUT2D eigenvalue weighted by molar-refractivity contribution is 6.30. The van der Waals surface area contributed by atoms with Crippen molar-refractivity contribution in [3.8, 4) is 0 Å². The monoisotopic (exact) mass is 482 g/mol. The topological polar surface area (TPSA) is 64.2 Å². The lowest BCUT2D eigenvalue weighted by molar-refractivity contribution is -0.140. The van der Waals surface area contributed by atoms with Crippen molar-refractivity contribution in [1.29, 1.82) is 0 Å². The van der Waals surface area contributed by atoms with Crippen LogP contribution in [0.4, 0.5) is 5.69 Å². The van der Waals surface area contributed by atoms with E-state index in [9.17, 15) is 14.4 Å². The summed E-state index contributed by atoms with van der Waals surface area (Å²) in [6, 6.07) is 16.7. The Labute approximate surface area is 205 Å². The quantitative estimate of drug-likeness (QED) is 0.632. The van der Waals surface area contributed by atoms with Gasteiger partial charge < -0.3 is 19.6 Å². The molecule has 2 fully saturated rings. The van der Waals surface area contributed by atoms with Crippen LogP contribution >= 0.6 is 11.6 Å². The minimum atomic E-state index is -0.762. The smallest absolute Gasteiger partial charge is 0.253 e. The van der Waals surface area contributed by atoms with Gasteiger partial charge in [-0.15, -0.1) is 0 Å². The van der Waals surface area contributed by atoms with E-state index in [1.165, 1.54) is 0 Å². The Kier molecular flexibility index (Phi) is 7.12. The summed E-state index contributed by atoms with van der Waals surface area (Å²) >= 11 is 5.96. The molecule has 3 amide bonds. The standard InChI is InChI=1S/C26H31ClN4O3/c1-3-28(4-2)23(32)18-30-19-31(22-8-6-5-7-9-22)26(25(30)34)14-16-29(17-15-26)24(33)20-10-12-21(27)13-11-20/h5-13H,3-4,14-19H2,1-2H3. The highest BCUT2D eigenvalue weighted by atomic mass is 35.5. The molecule has 4 rings (SSSR count). The van der Waals surface area contributed by atoms with Gasteiger partial charge in [0.2, 0.25) is 5.91 Å². The fraction of sp³-hybridized carbons (Fsp3) is 0.423. The summed E-state index contributed by atoms with van der Waals surface area (Å²) in [5.74, 6) is -0.133.